The van der Waals surface area contributed by atoms with Crippen molar-refractivity contribution in [3.05, 3.63) is 18.0 Å². The molecule has 19 heavy (non-hydrogen) atoms. The van der Waals surface area contributed by atoms with Gasteiger partial charge in [-0.2, -0.15) is 5.10 Å². The van der Waals surface area contributed by atoms with Gasteiger partial charge in [-0.3, -0.25) is 9.48 Å². The maximum atomic E-state index is 12.4. The van der Waals surface area contributed by atoms with E-state index >= 15 is 0 Å². The fraction of sp³-hybridized carbons (Fsp3) is 0.692. The Labute approximate surface area is 113 Å². The number of morpholine rings is 1. The molecule has 106 valence electrons. The Morgan fingerprint density at radius 2 is 2.32 bits per heavy atom. The number of rotatable bonds is 2. The van der Waals surface area contributed by atoms with Crippen molar-refractivity contribution in [3.8, 4) is 0 Å². The number of aromatic nitrogens is 2. The van der Waals surface area contributed by atoms with Crippen LogP contribution >= 0.6 is 0 Å². The zero-order chi connectivity index (χ0) is 14.2. The van der Waals surface area contributed by atoms with Gasteiger partial charge in [0.15, 0.2) is 0 Å². The first-order valence-corrected chi connectivity index (χ1v) is 6.49. The van der Waals surface area contributed by atoms with Gasteiger partial charge in [0.05, 0.1) is 17.9 Å². The summed E-state index contributed by atoms with van der Waals surface area (Å²) in [7, 11) is 1.81. The van der Waals surface area contributed by atoms with E-state index in [4.69, 9.17) is 10.5 Å². The highest BCUT2D eigenvalue weighted by Gasteiger charge is 2.35. The highest BCUT2D eigenvalue weighted by atomic mass is 16.5. The Bertz CT molecular complexity index is 469. The largest absolute Gasteiger partial charge is 0.369 e. The minimum atomic E-state index is -0.658. The maximum absolute atomic E-state index is 12.4. The van der Waals surface area contributed by atoms with Gasteiger partial charge in [-0.05, 0) is 20.8 Å². The van der Waals surface area contributed by atoms with E-state index in [-0.39, 0.29) is 17.6 Å². The predicted octanol–water partition coefficient (Wildman–Crippen LogP) is 0.446. The topological polar surface area (TPSA) is 73.4 Å². The first-order chi connectivity index (χ1) is 8.78. The standard InChI is InChI=1S/C13H22N4O2/c1-9-6-17(8-13(2,3)19-9)12(18)11(14)10-5-15-16(4)7-10/h5,7,9,11H,6,8,14H2,1-4H3. The molecule has 2 N–H and O–H groups in total. The van der Waals surface area contributed by atoms with E-state index in [0.717, 1.165) is 5.56 Å². The summed E-state index contributed by atoms with van der Waals surface area (Å²) in [6, 6.07) is -0.658. The molecule has 0 bridgehead atoms. The Kier molecular flexibility index (Phi) is 3.64. The normalized spacial score (nSPS) is 24.3. The molecule has 0 spiro atoms. The number of aryl methyl sites for hydroxylation is 1. The molecule has 0 aromatic carbocycles. The third kappa shape index (κ3) is 3.13. The third-order valence-electron chi connectivity index (χ3n) is 3.23. The molecule has 1 aliphatic heterocycles. The monoisotopic (exact) mass is 266 g/mol. The van der Waals surface area contributed by atoms with Gasteiger partial charge < -0.3 is 15.4 Å². The van der Waals surface area contributed by atoms with Crippen LogP contribution in [-0.4, -0.2) is 45.4 Å². The zero-order valence-corrected chi connectivity index (χ0v) is 12.0. The number of nitrogens with two attached hydrogens (primary N) is 1. The Hall–Kier alpha value is -1.40. The second-order valence-electron chi connectivity index (χ2n) is 5.83. The fourth-order valence-electron chi connectivity index (χ4n) is 2.56. The molecule has 1 saturated heterocycles. The van der Waals surface area contributed by atoms with Crippen LogP contribution in [0.5, 0.6) is 0 Å². The average Bonchev–Trinajstić information content (AvgIpc) is 2.71. The molecule has 0 aliphatic carbocycles. The summed E-state index contributed by atoms with van der Waals surface area (Å²) >= 11 is 0. The average molecular weight is 266 g/mol. The fourth-order valence-corrected chi connectivity index (χ4v) is 2.56. The molecule has 1 amide bonds. The predicted molar refractivity (Wildman–Crippen MR) is 71.3 cm³/mol. The van der Waals surface area contributed by atoms with Crippen LogP contribution in [0.25, 0.3) is 0 Å². The molecule has 2 atom stereocenters. The summed E-state index contributed by atoms with van der Waals surface area (Å²) in [5.74, 6) is -0.0729. The van der Waals surface area contributed by atoms with E-state index in [1.165, 1.54) is 0 Å². The Morgan fingerprint density at radius 1 is 1.63 bits per heavy atom. The van der Waals surface area contributed by atoms with Crippen molar-refractivity contribution < 1.29 is 9.53 Å². The van der Waals surface area contributed by atoms with Crippen LogP contribution in [-0.2, 0) is 16.6 Å². The molecule has 1 aromatic heterocycles. The number of hydrogen-bond donors (Lipinski definition) is 1. The molecule has 1 aliphatic rings. The van der Waals surface area contributed by atoms with E-state index in [1.807, 2.05) is 20.8 Å². The minimum Gasteiger partial charge on any atom is -0.369 e. The summed E-state index contributed by atoms with van der Waals surface area (Å²) < 4.78 is 7.44. The summed E-state index contributed by atoms with van der Waals surface area (Å²) in [4.78, 5) is 14.2. The van der Waals surface area contributed by atoms with Crippen molar-refractivity contribution in [2.45, 2.75) is 38.5 Å². The quantitative estimate of drug-likeness (QED) is 0.843. The third-order valence-corrected chi connectivity index (χ3v) is 3.23. The number of ether oxygens (including phenoxy) is 1. The highest BCUT2D eigenvalue weighted by Crippen LogP contribution is 2.23. The van der Waals surface area contributed by atoms with Gasteiger partial charge in [-0.25, -0.2) is 0 Å². The summed E-state index contributed by atoms with van der Waals surface area (Å²) in [5.41, 5.74) is 6.44. The van der Waals surface area contributed by atoms with Crippen LogP contribution in [0, 0.1) is 0 Å². The zero-order valence-electron chi connectivity index (χ0n) is 12.0. The number of carbonyl (C=O) groups excluding carboxylic acids is 1. The van der Waals surface area contributed by atoms with Crippen LogP contribution in [0.15, 0.2) is 12.4 Å². The van der Waals surface area contributed by atoms with Crippen molar-refractivity contribution in [2.75, 3.05) is 13.1 Å². The van der Waals surface area contributed by atoms with Crippen molar-refractivity contribution in [1.29, 1.82) is 0 Å². The number of amides is 1. The molecule has 1 fully saturated rings. The second kappa shape index (κ2) is 4.94. The van der Waals surface area contributed by atoms with E-state index < -0.39 is 6.04 Å². The lowest BCUT2D eigenvalue weighted by Crippen LogP contribution is -2.55. The van der Waals surface area contributed by atoms with Crippen molar-refractivity contribution in [3.63, 3.8) is 0 Å². The molecule has 2 rings (SSSR count). The Morgan fingerprint density at radius 3 is 2.84 bits per heavy atom. The number of carbonyl (C=O) groups is 1. The molecule has 2 heterocycles. The molecule has 2 unspecified atom stereocenters. The SMILES string of the molecule is CC1CN(C(=O)C(N)c2cnn(C)c2)CC(C)(C)O1. The molecular weight excluding hydrogens is 244 g/mol. The van der Waals surface area contributed by atoms with E-state index in [0.29, 0.717) is 13.1 Å². The summed E-state index contributed by atoms with van der Waals surface area (Å²) in [6.45, 7) is 7.08. The van der Waals surface area contributed by atoms with Crippen LogP contribution in [0.2, 0.25) is 0 Å². The second-order valence-corrected chi connectivity index (χ2v) is 5.83. The van der Waals surface area contributed by atoms with Gasteiger partial charge in [0, 0.05) is 31.9 Å². The van der Waals surface area contributed by atoms with Crippen LogP contribution in [0.1, 0.15) is 32.4 Å². The first kappa shape index (κ1) is 14.0. The van der Waals surface area contributed by atoms with Gasteiger partial charge in [0.1, 0.15) is 6.04 Å². The maximum Gasteiger partial charge on any atom is 0.244 e. The Balaban J connectivity index is 2.10. The molecular formula is C13H22N4O2. The molecule has 0 saturated carbocycles. The van der Waals surface area contributed by atoms with Gasteiger partial charge in [-0.15, -0.1) is 0 Å². The van der Waals surface area contributed by atoms with E-state index in [1.54, 1.807) is 29.0 Å². The lowest BCUT2D eigenvalue weighted by atomic mass is 10.0. The lowest BCUT2D eigenvalue weighted by molar-refractivity contribution is -0.159. The smallest absolute Gasteiger partial charge is 0.244 e. The summed E-state index contributed by atoms with van der Waals surface area (Å²) in [5, 5.41) is 4.05. The van der Waals surface area contributed by atoms with Gasteiger partial charge in [-0.1, -0.05) is 0 Å². The molecule has 0 radical (unpaired) electrons. The van der Waals surface area contributed by atoms with Gasteiger partial charge >= 0.3 is 0 Å². The highest BCUT2D eigenvalue weighted by molar-refractivity contribution is 5.83. The molecule has 6 heteroatoms. The molecule has 1 aromatic rings. The van der Waals surface area contributed by atoms with Crippen LogP contribution < -0.4 is 5.73 Å². The van der Waals surface area contributed by atoms with Crippen LogP contribution in [0.4, 0.5) is 0 Å². The van der Waals surface area contributed by atoms with Crippen molar-refractivity contribution >= 4 is 5.91 Å². The van der Waals surface area contributed by atoms with E-state index in [9.17, 15) is 4.79 Å². The summed E-state index contributed by atoms with van der Waals surface area (Å²) in [6.07, 6.45) is 3.43. The van der Waals surface area contributed by atoms with Gasteiger partial charge in [0.25, 0.3) is 0 Å². The van der Waals surface area contributed by atoms with Crippen LogP contribution in [0.3, 0.4) is 0 Å². The number of nitrogens with zero attached hydrogens (tertiary/aromatic N) is 3. The van der Waals surface area contributed by atoms with Gasteiger partial charge in [0.2, 0.25) is 5.91 Å². The van der Waals surface area contributed by atoms with Crippen molar-refractivity contribution in [1.82, 2.24) is 14.7 Å². The van der Waals surface area contributed by atoms with Crippen molar-refractivity contribution in [2.24, 2.45) is 12.8 Å². The minimum absolute atomic E-state index is 0.0220. The first-order valence-electron chi connectivity index (χ1n) is 6.49. The van der Waals surface area contributed by atoms with E-state index in [2.05, 4.69) is 5.10 Å². The molecule has 6 nitrogen and oxygen atoms in total. The number of hydrogen-bond acceptors (Lipinski definition) is 4. The lowest BCUT2D eigenvalue weighted by Gasteiger charge is -2.42.